The summed E-state index contributed by atoms with van der Waals surface area (Å²) in [7, 11) is -16.6. The highest BCUT2D eigenvalue weighted by Crippen LogP contribution is 2.66. The first-order chi connectivity index (χ1) is 16.1. The maximum Gasteiger partial charge on any atom is 0.490 e. The van der Waals surface area contributed by atoms with Crippen LogP contribution in [0.4, 0.5) is 5.95 Å². The Balaban J connectivity index is 1.48. The molecule has 2 unspecified atom stereocenters. The van der Waals surface area contributed by atoms with Gasteiger partial charge in [0.1, 0.15) is 12.3 Å². The summed E-state index contributed by atoms with van der Waals surface area (Å²) in [5.74, 6) is -0.0908. The number of aromatic amines is 1. The quantitative estimate of drug-likeness (QED) is 0.177. The van der Waals surface area contributed by atoms with Gasteiger partial charge in [0.15, 0.2) is 0 Å². The van der Waals surface area contributed by atoms with E-state index in [-0.39, 0.29) is 23.3 Å². The normalized spacial score (nSPS) is 24.5. The van der Waals surface area contributed by atoms with Crippen LogP contribution >= 0.6 is 23.5 Å². The zero-order chi connectivity index (χ0) is 25.8. The Hall–Kier alpha value is -2.04. The summed E-state index contributed by atoms with van der Waals surface area (Å²) in [5.41, 5.74) is 6.29. The van der Waals surface area contributed by atoms with Crippen LogP contribution in [0.2, 0.25) is 0 Å². The molecule has 18 nitrogen and oxygen atoms in total. The number of phosphoric ester groups is 1. The molecule has 3 aromatic rings. The van der Waals surface area contributed by atoms with Gasteiger partial charge in [0.05, 0.1) is 41.0 Å². The van der Waals surface area contributed by atoms with E-state index in [9.17, 15) is 33.4 Å². The standard InChI is InChI=1S/C14H18N5O13P3/c15-14-17-7-2-9-8(1-6(7)13(21)18-14)16-5-19(9)12-3-10(20)11(30-12)4-29-34(25,26)32-35(27,28)31-33(22,23)24/h1-2,5,10-12,20H,3-4H2,(H,25,26)(H,27,28)(H2,22,23,24)(H3,15,17,18,21)/t10-,11+,12+/m0/s1. The lowest BCUT2D eigenvalue weighted by Gasteiger charge is -2.19. The SMILES string of the molecule is Nc1nc2cc3c(cc2c(=O)[nH]1)ncn3[C@H]1C[C@H](O)[C@@H](COP(=O)(O)OP(=O)(O)OP(=O)(O)O)O1. The second kappa shape index (κ2) is 9.12. The van der Waals surface area contributed by atoms with Crippen LogP contribution in [0.25, 0.3) is 21.9 Å². The van der Waals surface area contributed by atoms with Gasteiger partial charge in [0, 0.05) is 6.42 Å². The van der Waals surface area contributed by atoms with Crippen molar-refractivity contribution in [3.63, 3.8) is 0 Å². The number of H-pyrrole nitrogens is 1. The number of fused-ring (bicyclic) bond motifs is 2. The third-order valence-corrected chi connectivity index (χ3v) is 8.55. The molecule has 3 heterocycles. The number of nitrogen functional groups attached to an aromatic ring is 1. The fraction of sp³-hybridized carbons (Fsp3) is 0.357. The minimum Gasteiger partial charge on any atom is -0.390 e. The molecule has 4 rings (SSSR count). The average Bonchev–Trinajstić information content (AvgIpc) is 3.24. The molecule has 2 aromatic heterocycles. The fourth-order valence-corrected chi connectivity index (χ4v) is 6.44. The largest absolute Gasteiger partial charge is 0.490 e. The number of aromatic nitrogens is 4. The number of nitrogens with one attached hydrogen (secondary N) is 1. The van der Waals surface area contributed by atoms with Gasteiger partial charge < -0.3 is 39.7 Å². The number of benzene rings is 1. The van der Waals surface area contributed by atoms with Gasteiger partial charge in [-0.15, -0.1) is 0 Å². The Labute approximate surface area is 193 Å². The monoisotopic (exact) mass is 557 g/mol. The molecule has 35 heavy (non-hydrogen) atoms. The van der Waals surface area contributed by atoms with E-state index in [1.54, 1.807) is 6.07 Å². The number of imidazole rings is 1. The van der Waals surface area contributed by atoms with Crippen molar-refractivity contribution in [3.8, 4) is 0 Å². The van der Waals surface area contributed by atoms with Gasteiger partial charge in [0.25, 0.3) is 5.56 Å². The number of anilines is 1. The maximum atomic E-state index is 12.1. The number of nitrogens with zero attached hydrogens (tertiary/aromatic N) is 3. The summed E-state index contributed by atoms with van der Waals surface area (Å²) in [4.78, 5) is 58.6. The van der Waals surface area contributed by atoms with Crippen LogP contribution in [-0.4, -0.2) is 63.0 Å². The Morgan fingerprint density at radius 2 is 1.86 bits per heavy atom. The van der Waals surface area contributed by atoms with Crippen molar-refractivity contribution in [3.05, 3.63) is 28.8 Å². The molecule has 21 heteroatoms. The molecule has 0 bridgehead atoms. The summed E-state index contributed by atoms with van der Waals surface area (Å²) < 4.78 is 52.9. The number of nitrogens with two attached hydrogens (primary N) is 1. The van der Waals surface area contributed by atoms with Crippen molar-refractivity contribution in [2.75, 3.05) is 12.3 Å². The first kappa shape index (κ1) is 26.0. The molecule has 0 amide bonds. The first-order valence-electron chi connectivity index (χ1n) is 9.40. The highest BCUT2D eigenvalue weighted by Gasteiger charge is 2.43. The molecule has 8 N–H and O–H groups in total. The van der Waals surface area contributed by atoms with E-state index in [4.69, 9.17) is 20.3 Å². The van der Waals surface area contributed by atoms with Gasteiger partial charge >= 0.3 is 23.5 Å². The van der Waals surface area contributed by atoms with Gasteiger partial charge in [-0.1, -0.05) is 0 Å². The van der Waals surface area contributed by atoms with E-state index in [2.05, 4.69) is 28.1 Å². The molecule has 1 aliphatic heterocycles. The number of hydrogen-bond donors (Lipinski definition) is 7. The number of aliphatic hydroxyl groups is 1. The van der Waals surface area contributed by atoms with Crippen molar-refractivity contribution >= 4 is 51.4 Å². The summed E-state index contributed by atoms with van der Waals surface area (Å²) >= 11 is 0. The minimum atomic E-state index is -5.67. The van der Waals surface area contributed by atoms with E-state index in [0.29, 0.717) is 11.0 Å². The van der Waals surface area contributed by atoms with E-state index in [0.717, 1.165) is 0 Å². The van der Waals surface area contributed by atoms with E-state index >= 15 is 0 Å². The van der Waals surface area contributed by atoms with Gasteiger partial charge in [-0.25, -0.2) is 23.7 Å². The molecule has 1 aliphatic rings. The van der Waals surface area contributed by atoms with Crippen molar-refractivity contribution in [2.45, 2.75) is 24.9 Å². The predicted molar refractivity (Wildman–Crippen MR) is 114 cm³/mol. The number of ether oxygens (including phenoxy) is 1. The zero-order valence-electron chi connectivity index (χ0n) is 17.1. The molecular weight excluding hydrogens is 539 g/mol. The van der Waals surface area contributed by atoms with Crippen molar-refractivity contribution in [1.29, 1.82) is 0 Å². The Kier molecular flexibility index (Phi) is 6.78. The van der Waals surface area contributed by atoms with Crippen molar-refractivity contribution in [2.24, 2.45) is 0 Å². The number of hydrogen-bond acceptors (Lipinski definition) is 12. The van der Waals surface area contributed by atoms with Crippen molar-refractivity contribution in [1.82, 2.24) is 19.5 Å². The van der Waals surface area contributed by atoms with Crippen molar-refractivity contribution < 1.29 is 56.3 Å². The maximum absolute atomic E-state index is 12.1. The van der Waals surface area contributed by atoms with E-state index in [1.165, 1.54) is 17.0 Å². The Morgan fingerprint density at radius 3 is 2.54 bits per heavy atom. The molecule has 0 radical (unpaired) electrons. The van der Waals surface area contributed by atoms with Gasteiger partial charge in [-0.05, 0) is 12.1 Å². The van der Waals surface area contributed by atoms with Crippen LogP contribution in [0.3, 0.4) is 0 Å². The van der Waals surface area contributed by atoms with E-state index in [1.807, 2.05) is 0 Å². The zero-order valence-corrected chi connectivity index (χ0v) is 19.8. The molecule has 192 valence electrons. The minimum absolute atomic E-state index is 0.0289. The Bertz CT molecular complexity index is 1480. The van der Waals surface area contributed by atoms with Gasteiger partial charge in [0.2, 0.25) is 5.95 Å². The summed E-state index contributed by atoms with van der Waals surface area (Å²) in [6.45, 7) is -0.815. The summed E-state index contributed by atoms with van der Waals surface area (Å²) in [5, 5.41) is 10.5. The molecule has 5 atom stereocenters. The predicted octanol–water partition coefficient (Wildman–Crippen LogP) is -0.153. The lowest BCUT2D eigenvalue weighted by Crippen LogP contribution is -2.26. The lowest BCUT2D eigenvalue weighted by atomic mass is 10.2. The summed E-state index contributed by atoms with van der Waals surface area (Å²) in [6, 6.07) is 3.03. The number of rotatable bonds is 8. The lowest BCUT2D eigenvalue weighted by molar-refractivity contribution is -0.0421. The second-order valence-electron chi connectivity index (χ2n) is 7.28. The Morgan fingerprint density at radius 1 is 1.14 bits per heavy atom. The fourth-order valence-electron chi connectivity index (χ4n) is 3.41. The van der Waals surface area contributed by atoms with Gasteiger partial charge in [-0.3, -0.25) is 14.3 Å². The van der Waals surface area contributed by atoms with Crippen LogP contribution in [0.5, 0.6) is 0 Å². The molecule has 1 saturated heterocycles. The van der Waals surface area contributed by atoms with Crippen LogP contribution in [0.15, 0.2) is 23.3 Å². The number of aliphatic hydroxyl groups excluding tert-OH is 1. The van der Waals surface area contributed by atoms with E-state index < -0.39 is 54.1 Å². The van der Waals surface area contributed by atoms with Gasteiger partial charge in [-0.2, -0.15) is 8.62 Å². The summed E-state index contributed by atoms with van der Waals surface area (Å²) in [6.07, 6.45) is -1.95. The molecule has 0 aliphatic carbocycles. The smallest absolute Gasteiger partial charge is 0.390 e. The highest BCUT2D eigenvalue weighted by molar-refractivity contribution is 7.66. The molecule has 1 aromatic carbocycles. The van der Waals surface area contributed by atoms with Crippen LogP contribution in [-0.2, 0) is 31.6 Å². The van der Waals surface area contributed by atoms with Crippen LogP contribution in [0, 0.1) is 0 Å². The topological polar surface area (TPSA) is 279 Å². The molecule has 0 spiro atoms. The molecule has 1 fully saturated rings. The highest BCUT2D eigenvalue weighted by atomic mass is 31.3. The third kappa shape index (κ3) is 6.03. The number of phosphoric acid groups is 3. The first-order valence-corrected chi connectivity index (χ1v) is 13.9. The second-order valence-corrected chi connectivity index (χ2v) is 11.7. The van der Waals surface area contributed by atoms with Crippen LogP contribution in [0.1, 0.15) is 12.6 Å². The average molecular weight is 557 g/mol. The third-order valence-electron chi connectivity index (χ3n) is 4.75. The molecular formula is C14H18N5O13P3. The molecule has 0 saturated carbocycles. The van der Waals surface area contributed by atoms with Crippen LogP contribution < -0.4 is 11.3 Å².